The Morgan fingerprint density at radius 1 is 1.50 bits per heavy atom. The van der Waals surface area contributed by atoms with Gasteiger partial charge in [-0.25, -0.2) is 0 Å². The van der Waals surface area contributed by atoms with Crippen LogP contribution in [0.1, 0.15) is 10.6 Å². The minimum atomic E-state index is 0.0173. The second-order valence-corrected chi connectivity index (χ2v) is 4.44. The zero-order valence-electron chi connectivity index (χ0n) is 9.10. The monoisotopic (exact) mass is 236 g/mol. The van der Waals surface area contributed by atoms with Crippen molar-refractivity contribution in [1.29, 1.82) is 0 Å². The second-order valence-electron chi connectivity index (χ2n) is 3.38. The zero-order chi connectivity index (χ0) is 11.5. The molecule has 0 spiro atoms. The van der Waals surface area contributed by atoms with Gasteiger partial charge in [-0.05, 0) is 13.0 Å². The van der Waals surface area contributed by atoms with Crippen LogP contribution < -0.4 is 10.9 Å². The smallest absolute Gasteiger partial charge is 0.253 e. The summed E-state index contributed by atoms with van der Waals surface area (Å²) in [5, 5.41) is 12.4. The van der Waals surface area contributed by atoms with Gasteiger partial charge in [0, 0.05) is 18.8 Å². The van der Waals surface area contributed by atoms with Gasteiger partial charge in [0.25, 0.3) is 5.56 Å². The number of pyridine rings is 1. The number of rotatable bonds is 3. The Hall–Kier alpha value is -1.69. The Balaban J connectivity index is 2.27. The van der Waals surface area contributed by atoms with Crippen LogP contribution in [0.5, 0.6) is 0 Å². The molecule has 2 heterocycles. The summed E-state index contributed by atoms with van der Waals surface area (Å²) in [5.41, 5.74) is 0.754. The van der Waals surface area contributed by atoms with Crippen LogP contribution in [0.15, 0.2) is 23.1 Å². The van der Waals surface area contributed by atoms with Gasteiger partial charge in [0.2, 0.25) is 5.13 Å². The van der Waals surface area contributed by atoms with Gasteiger partial charge >= 0.3 is 0 Å². The molecule has 0 aromatic carbocycles. The Kier molecular flexibility index (Phi) is 3.00. The first-order valence-electron chi connectivity index (χ1n) is 4.87. The van der Waals surface area contributed by atoms with Gasteiger partial charge < -0.3 is 9.88 Å². The van der Waals surface area contributed by atoms with Crippen LogP contribution in [0.3, 0.4) is 0 Å². The molecule has 16 heavy (non-hydrogen) atoms. The van der Waals surface area contributed by atoms with Gasteiger partial charge in [0.15, 0.2) is 0 Å². The molecule has 2 aromatic heterocycles. The summed E-state index contributed by atoms with van der Waals surface area (Å²) in [6.45, 7) is 2.28. The summed E-state index contributed by atoms with van der Waals surface area (Å²) in [5.74, 6) is 0. The molecule has 84 valence electrons. The van der Waals surface area contributed by atoms with Crippen LogP contribution in [0, 0.1) is 6.92 Å². The number of nitrogens with one attached hydrogen (secondary N) is 1. The van der Waals surface area contributed by atoms with E-state index in [-0.39, 0.29) is 5.56 Å². The topological polar surface area (TPSA) is 59.8 Å². The maximum absolute atomic E-state index is 11.8. The van der Waals surface area contributed by atoms with E-state index in [0.29, 0.717) is 6.54 Å². The molecule has 6 heteroatoms. The normalized spacial score (nSPS) is 10.4. The van der Waals surface area contributed by atoms with E-state index in [0.717, 1.165) is 15.7 Å². The van der Waals surface area contributed by atoms with Crippen molar-refractivity contribution < 1.29 is 0 Å². The van der Waals surface area contributed by atoms with Gasteiger partial charge in [-0.2, -0.15) is 0 Å². The highest BCUT2D eigenvalue weighted by molar-refractivity contribution is 7.15. The molecule has 0 unspecified atom stereocenters. The number of hydrogen-bond donors (Lipinski definition) is 1. The van der Waals surface area contributed by atoms with Crippen molar-refractivity contribution in [2.24, 2.45) is 0 Å². The first-order valence-corrected chi connectivity index (χ1v) is 5.68. The third-order valence-electron chi connectivity index (χ3n) is 2.20. The molecule has 5 nitrogen and oxygen atoms in total. The van der Waals surface area contributed by atoms with Gasteiger partial charge in [-0.1, -0.05) is 17.4 Å². The quantitative estimate of drug-likeness (QED) is 0.867. The Labute approximate surface area is 96.8 Å². The fourth-order valence-corrected chi connectivity index (χ4v) is 2.04. The molecule has 0 bridgehead atoms. The van der Waals surface area contributed by atoms with E-state index >= 15 is 0 Å². The van der Waals surface area contributed by atoms with E-state index in [4.69, 9.17) is 0 Å². The molecule has 0 aliphatic rings. The van der Waals surface area contributed by atoms with Crippen molar-refractivity contribution in [2.45, 2.75) is 13.5 Å². The molecule has 0 radical (unpaired) electrons. The molecule has 0 amide bonds. The average molecular weight is 236 g/mol. The maximum Gasteiger partial charge on any atom is 0.253 e. The first-order chi connectivity index (χ1) is 7.70. The van der Waals surface area contributed by atoms with E-state index in [9.17, 15) is 4.79 Å². The Morgan fingerprint density at radius 2 is 2.31 bits per heavy atom. The summed E-state index contributed by atoms with van der Waals surface area (Å²) < 4.78 is 1.63. The minimum absolute atomic E-state index is 0.0173. The third-order valence-corrected chi connectivity index (χ3v) is 3.12. The lowest BCUT2D eigenvalue weighted by Crippen LogP contribution is -2.21. The minimum Gasteiger partial charge on any atom is -0.363 e. The number of nitrogens with zero attached hydrogens (tertiary/aromatic N) is 3. The number of aryl methyl sites for hydroxylation is 1. The highest BCUT2D eigenvalue weighted by atomic mass is 32.1. The van der Waals surface area contributed by atoms with Gasteiger partial charge in [-0.15, -0.1) is 10.2 Å². The molecule has 2 rings (SSSR count). The van der Waals surface area contributed by atoms with Gasteiger partial charge in [-0.3, -0.25) is 4.79 Å². The first kappa shape index (κ1) is 10.8. The van der Waals surface area contributed by atoms with Crippen LogP contribution >= 0.6 is 11.3 Å². The van der Waals surface area contributed by atoms with E-state index < -0.39 is 0 Å². The molecular formula is C10H12N4OS. The molecule has 0 aliphatic heterocycles. The number of hydrogen-bond acceptors (Lipinski definition) is 5. The molecule has 0 saturated carbocycles. The fraction of sp³-hybridized carbons (Fsp3) is 0.300. The lowest BCUT2D eigenvalue weighted by molar-refractivity contribution is 0.738. The highest BCUT2D eigenvalue weighted by Crippen LogP contribution is 2.14. The van der Waals surface area contributed by atoms with E-state index in [2.05, 4.69) is 15.5 Å². The average Bonchev–Trinajstić information content (AvgIpc) is 2.73. The number of aromatic nitrogens is 3. The zero-order valence-corrected chi connectivity index (χ0v) is 9.91. The Morgan fingerprint density at radius 3 is 3.00 bits per heavy atom. The second kappa shape index (κ2) is 4.44. The highest BCUT2D eigenvalue weighted by Gasteiger charge is 2.05. The molecule has 2 aromatic rings. The van der Waals surface area contributed by atoms with Crippen LogP contribution in [-0.4, -0.2) is 21.8 Å². The predicted octanol–water partition coefficient (Wildman–Crippen LogP) is 1.10. The van der Waals surface area contributed by atoms with E-state index in [1.165, 1.54) is 11.3 Å². The molecular weight excluding hydrogens is 224 g/mol. The van der Waals surface area contributed by atoms with Crippen molar-refractivity contribution in [1.82, 2.24) is 14.8 Å². The summed E-state index contributed by atoms with van der Waals surface area (Å²) in [6.07, 6.45) is 1.76. The Bertz CT molecular complexity index is 546. The SMILES string of the molecule is CNc1nnc(Cn2cccc(C)c2=O)s1. The van der Waals surface area contributed by atoms with Crippen LogP contribution in [-0.2, 0) is 6.54 Å². The van der Waals surface area contributed by atoms with Crippen LogP contribution in [0.2, 0.25) is 0 Å². The third kappa shape index (κ3) is 2.11. The fourth-order valence-electron chi connectivity index (χ4n) is 1.35. The van der Waals surface area contributed by atoms with Crippen molar-refractivity contribution in [3.8, 4) is 0 Å². The predicted molar refractivity (Wildman–Crippen MR) is 64.0 cm³/mol. The lowest BCUT2D eigenvalue weighted by atomic mass is 10.3. The van der Waals surface area contributed by atoms with Gasteiger partial charge in [0.05, 0.1) is 6.54 Å². The lowest BCUT2D eigenvalue weighted by Gasteiger charge is -2.02. The van der Waals surface area contributed by atoms with E-state index in [1.807, 2.05) is 6.07 Å². The summed E-state index contributed by atoms with van der Waals surface area (Å²) in [4.78, 5) is 11.8. The summed E-state index contributed by atoms with van der Waals surface area (Å²) in [6, 6.07) is 3.66. The van der Waals surface area contributed by atoms with Crippen molar-refractivity contribution in [3.63, 3.8) is 0 Å². The van der Waals surface area contributed by atoms with Crippen molar-refractivity contribution in [2.75, 3.05) is 12.4 Å². The van der Waals surface area contributed by atoms with Crippen molar-refractivity contribution >= 4 is 16.5 Å². The maximum atomic E-state index is 11.8. The molecule has 0 saturated heterocycles. The standard InChI is InChI=1S/C10H12N4OS/c1-7-4-3-5-14(9(7)15)6-8-12-13-10(11-2)16-8/h3-5H,6H2,1-2H3,(H,11,13). The van der Waals surface area contributed by atoms with Crippen molar-refractivity contribution in [3.05, 3.63) is 39.3 Å². The largest absolute Gasteiger partial charge is 0.363 e. The summed E-state index contributed by atoms with van der Waals surface area (Å²) >= 11 is 1.45. The summed E-state index contributed by atoms with van der Waals surface area (Å²) in [7, 11) is 1.79. The van der Waals surface area contributed by atoms with Crippen LogP contribution in [0.4, 0.5) is 5.13 Å². The molecule has 0 atom stereocenters. The van der Waals surface area contributed by atoms with E-state index in [1.54, 1.807) is 30.8 Å². The molecule has 0 aliphatic carbocycles. The molecule has 1 N–H and O–H groups in total. The number of anilines is 1. The van der Waals surface area contributed by atoms with Gasteiger partial charge in [0.1, 0.15) is 5.01 Å². The van der Waals surface area contributed by atoms with Crippen LogP contribution in [0.25, 0.3) is 0 Å². The molecule has 0 fully saturated rings.